The summed E-state index contributed by atoms with van der Waals surface area (Å²) in [5.41, 5.74) is 1.87. The molecule has 96 valence electrons. The zero-order valence-corrected chi connectivity index (χ0v) is 10.0. The molecule has 2 rings (SSSR count). The van der Waals surface area contributed by atoms with Crippen LogP contribution in [0.2, 0.25) is 0 Å². The molecule has 0 amide bonds. The summed E-state index contributed by atoms with van der Waals surface area (Å²) < 4.78 is 0. The number of aromatic carboxylic acids is 2. The van der Waals surface area contributed by atoms with E-state index in [0.717, 1.165) is 5.56 Å². The molecule has 2 N–H and O–H groups in total. The first-order chi connectivity index (χ1) is 9.08. The molecule has 0 saturated heterocycles. The van der Waals surface area contributed by atoms with Crippen LogP contribution >= 0.6 is 0 Å². The number of rotatable bonds is 4. The first-order valence-corrected chi connectivity index (χ1v) is 5.71. The van der Waals surface area contributed by atoms with Gasteiger partial charge in [0.15, 0.2) is 0 Å². The van der Waals surface area contributed by atoms with Crippen molar-refractivity contribution in [2.24, 2.45) is 0 Å². The fraction of sp³-hybridized carbons (Fsp3) is 0.0667. The maximum atomic E-state index is 11.1. The molecule has 0 saturated carbocycles. The van der Waals surface area contributed by atoms with E-state index in [1.54, 1.807) is 42.5 Å². The number of carboxylic acids is 2. The van der Waals surface area contributed by atoms with Crippen molar-refractivity contribution >= 4 is 11.9 Å². The number of hydrogen-bond donors (Lipinski definition) is 2. The van der Waals surface area contributed by atoms with Gasteiger partial charge in [-0.1, -0.05) is 30.3 Å². The molecule has 4 nitrogen and oxygen atoms in total. The number of carboxylic acid groups (broad SMARTS) is 2. The van der Waals surface area contributed by atoms with Gasteiger partial charge in [0.25, 0.3) is 0 Å². The van der Waals surface area contributed by atoms with Crippen molar-refractivity contribution in [3.63, 3.8) is 0 Å². The predicted octanol–water partition coefficient (Wildman–Crippen LogP) is 2.67. The van der Waals surface area contributed by atoms with Crippen molar-refractivity contribution in [3.8, 4) is 0 Å². The van der Waals surface area contributed by atoms with Crippen LogP contribution in [-0.2, 0) is 6.42 Å². The summed E-state index contributed by atoms with van der Waals surface area (Å²) in [4.78, 5) is 22.0. The van der Waals surface area contributed by atoms with Gasteiger partial charge < -0.3 is 10.2 Å². The highest BCUT2D eigenvalue weighted by atomic mass is 16.4. The van der Waals surface area contributed by atoms with Gasteiger partial charge in [0, 0.05) is 0 Å². The Hall–Kier alpha value is -2.62. The zero-order chi connectivity index (χ0) is 13.8. The predicted molar refractivity (Wildman–Crippen MR) is 69.6 cm³/mol. The van der Waals surface area contributed by atoms with Crippen LogP contribution in [-0.4, -0.2) is 22.2 Å². The Bertz CT molecular complexity index is 632. The molecule has 0 heterocycles. The van der Waals surface area contributed by atoms with Crippen LogP contribution in [0.5, 0.6) is 0 Å². The Kier molecular flexibility index (Phi) is 3.61. The van der Waals surface area contributed by atoms with Gasteiger partial charge in [-0.05, 0) is 35.7 Å². The summed E-state index contributed by atoms with van der Waals surface area (Å²) in [6, 6.07) is 13.2. The van der Waals surface area contributed by atoms with Crippen LogP contribution in [0.4, 0.5) is 0 Å². The van der Waals surface area contributed by atoms with Gasteiger partial charge in [0.2, 0.25) is 0 Å². The lowest BCUT2D eigenvalue weighted by Crippen LogP contribution is -2.03. The van der Waals surface area contributed by atoms with E-state index < -0.39 is 11.9 Å². The van der Waals surface area contributed by atoms with E-state index in [1.807, 2.05) is 0 Å². The molecule has 2 aromatic carbocycles. The average molecular weight is 256 g/mol. The molecule has 0 aliphatic carbocycles. The maximum absolute atomic E-state index is 11.1. The second-order valence-electron chi connectivity index (χ2n) is 4.14. The minimum atomic E-state index is -0.992. The van der Waals surface area contributed by atoms with Gasteiger partial charge in [-0.15, -0.1) is 0 Å². The van der Waals surface area contributed by atoms with E-state index in [4.69, 9.17) is 10.2 Å². The quantitative estimate of drug-likeness (QED) is 0.881. The molecule has 0 bridgehead atoms. The van der Waals surface area contributed by atoms with Crippen molar-refractivity contribution in [3.05, 3.63) is 70.8 Å². The molecule has 19 heavy (non-hydrogen) atoms. The molecular formula is C15H12O4. The van der Waals surface area contributed by atoms with Gasteiger partial charge in [-0.25, -0.2) is 9.59 Å². The highest BCUT2D eigenvalue weighted by molar-refractivity contribution is 5.90. The van der Waals surface area contributed by atoms with E-state index in [1.165, 1.54) is 6.07 Å². The fourth-order valence-electron chi connectivity index (χ4n) is 1.92. The molecule has 4 heteroatoms. The van der Waals surface area contributed by atoms with Crippen molar-refractivity contribution in [1.29, 1.82) is 0 Å². The third kappa shape index (κ3) is 2.98. The van der Waals surface area contributed by atoms with E-state index in [2.05, 4.69) is 0 Å². The molecule has 0 unspecified atom stereocenters. The first-order valence-electron chi connectivity index (χ1n) is 5.71. The van der Waals surface area contributed by atoms with Gasteiger partial charge in [-0.2, -0.15) is 0 Å². The SMILES string of the molecule is O=C(O)c1cccc(Cc2ccccc2C(=O)O)c1. The highest BCUT2D eigenvalue weighted by Crippen LogP contribution is 2.15. The fourth-order valence-corrected chi connectivity index (χ4v) is 1.92. The van der Waals surface area contributed by atoms with Crippen molar-refractivity contribution in [2.45, 2.75) is 6.42 Å². The van der Waals surface area contributed by atoms with Crippen LogP contribution in [0, 0.1) is 0 Å². The largest absolute Gasteiger partial charge is 0.478 e. The Balaban J connectivity index is 2.34. The topological polar surface area (TPSA) is 74.6 Å². The molecule has 0 radical (unpaired) electrons. The van der Waals surface area contributed by atoms with E-state index >= 15 is 0 Å². The van der Waals surface area contributed by atoms with Gasteiger partial charge in [-0.3, -0.25) is 0 Å². The summed E-state index contributed by atoms with van der Waals surface area (Å²) in [6.07, 6.45) is 0.392. The van der Waals surface area contributed by atoms with Crippen LogP contribution in [0.25, 0.3) is 0 Å². The molecule has 0 aromatic heterocycles. The third-order valence-corrected chi connectivity index (χ3v) is 2.82. The molecule has 2 aromatic rings. The second-order valence-corrected chi connectivity index (χ2v) is 4.14. The lowest BCUT2D eigenvalue weighted by atomic mass is 9.98. The standard InChI is InChI=1S/C15H12O4/c16-14(17)12-6-3-4-10(9-12)8-11-5-1-2-7-13(11)15(18)19/h1-7,9H,8H2,(H,16,17)(H,18,19). The molecule has 0 aliphatic rings. The van der Waals surface area contributed by atoms with Crippen molar-refractivity contribution in [1.82, 2.24) is 0 Å². The Morgan fingerprint density at radius 1 is 0.895 bits per heavy atom. The Labute approximate surface area is 109 Å². The van der Waals surface area contributed by atoms with Crippen LogP contribution in [0.3, 0.4) is 0 Å². The van der Waals surface area contributed by atoms with E-state index in [9.17, 15) is 9.59 Å². The summed E-state index contributed by atoms with van der Waals surface area (Å²) in [5.74, 6) is -1.97. The summed E-state index contributed by atoms with van der Waals surface area (Å²) in [6.45, 7) is 0. The van der Waals surface area contributed by atoms with Gasteiger partial charge in [0.05, 0.1) is 11.1 Å². The van der Waals surface area contributed by atoms with Crippen molar-refractivity contribution < 1.29 is 19.8 Å². The molecule has 0 aliphatic heterocycles. The summed E-state index contributed by atoms with van der Waals surface area (Å²) in [7, 11) is 0. The van der Waals surface area contributed by atoms with E-state index in [0.29, 0.717) is 12.0 Å². The monoisotopic (exact) mass is 256 g/mol. The lowest BCUT2D eigenvalue weighted by Gasteiger charge is -2.06. The highest BCUT2D eigenvalue weighted by Gasteiger charge is 2.10. The van der Waals surface area contributed by atoms with Crippen LogP contribution in [0.15, 0.2) is 48.5 Å². The van der Waals surface area contributed by atoms with E-state index in [-0.39, 0.29) is 11.1 Å². The normalized spacial score (nSPS) is 10.1. The Morgan fingerprint density at radius 3 is 2.32 bits per heavy atom. The number of hydrogen-bond acceptors (Lipinski definition) is 2. The minimum absolute atomic E-state index is 0.199. The lowest BCUT2D eigenvalue weighted by molar-refractivity contribution is 0.0685. The molecule has 0 fully saturated rings. The second kappa shape index (κ2) is 5.35. The summed E-state index contributed by atoms with van der Waals surface area (Å²) in [5, 5.41) is 18.0. The zero-order valence-electron chi connectivity index (χ0n) is 10.0. The van der Waals surface area contributed by atoms with Crippen LogP contribution in [0.1, 0.15) is 31.8 Å². The minimum Gasteiger partial charge on any atom is -0.478 e. The number of benzene rings is 2. The third-order valence-electron chi connectivity index (χ3n) is 2.82. The maximum Gasteiger partial charge on any atom is 0.335 e. The Morgan fingerprint density at radius 2 is 1.63 bits per heavy atom. The van der Waals surface area contributed by atoms with Crippen LogP contribution < -0.4 is 0 Å². The average Bonchev–Trinajstić information content (AvgIpc) is 2.39. The molecule has 0 atom stereocenters. The van der Waals surface area contributed by atoms with Gasteiger partial charge >= 0.3 is 11.9 Å². The van der Waals surface area contributed by atoms with Crippen molar-refractivity contribution in [2.75, 3.05) is 0 Å². The smallest absolute Gasteiger partial charge is 0.335 e. The first kappa shape index (κ1) is 12.8. The molecule has 0 spiro atoms. The van der Waals surface area contributed by atoms with Gasteiger partial charge in [0.1, 0.15) is 0 Å². The summed E-state index contributed by atoms with van der Waals surface area (Å²) >= 11 is 0. The number of carbonyl (C=O) groups is 2. The molecular weight excluding hydrogens is 244 g/mol.